The lowest BCUT2D eigenvalue weighted by molar-refractivity contribution is 0.167. The minimum Gasteiger partial charge on any atom is -0.497 e. The molecule has 5 nitrogen and oxygen atoms in total. The van der Waals surface area contributed by atoms with Gasteiger partial charge in [0, 0.05) is 5.69 Å². The highest BCUT2D eigenvalue weighted by Crippen LogP contribution is 2.15. The fraction of sp³-hybridized carbons (Fsp3) is 0.0667. The number of benzene rings is 2. The summed E-state index contributed by atoms with van der Waals surface area (Å²) in [5.41, 5.74) is 1.17. The molecule has 2 aromatic rings. The fourth-order valence-corrected chi connectivity index (χ4v) is 1.50. The summed E-state index contributed by atoms with van der Waals surface area (Å²) in [6.45, 7) is 0. The van der Waals surface area contributed by atoms with E-state index in [9.17, 15) is 9.18 Å². The van der Waals surface area contributed by atoms with Crippen LogP contribution in [0.25, 0.3) is 0 Å². The van der Waals surface area contributed by atoms with Crippen molar-refractivity contribution < 1.29 is 18.8 Å². The number of ether oxygens (including phenoxy) is 1. The zero-order chi connectivity index (χ0) is 15.1. The van der Waals surface area contributed by atoms with E-state index in [0.29, 0.717) is 17.0 Å². The molecule has 0 aliphatic heterocycles. The summed E-state index contributed by atoms with van der Waals surface area (Å²) in [5.74, 6) is 0.341. The Morgan fingerprint density at radius 1 is 1.14 bits per heavy atom. The zero-order valence-corrected chi connectivity index (χ0v) is 11.2. The number of methoxy groups -OCH3 is 1. The van der Waals surface area contributed by atoms with Gasteiger partial charge in [-0.05, 0) is 42.0 Å². The number of hydrogen-bond acceptors (Lipinski definition) is 4. The molecular formula is C15H13FN2O3. The van der Waals surface area contributed by atoms with Gasteiger partial charge < -0.3 is 4.74 Å². The summed E-state index contributed by atoms with van der Waals surface area (Å²) in [5, 5.41) is 6.02. The van der Waals surface area contributed by atoms with Crippen LogP contribution in [0.3, 0.4) is 0 Å². The molecule has 0 aliphatic rings. The normalized spacial score (nSPS) is 10.4. The Labute approximate surface area is 121 Å². The monoisotopic (exact) mass is 288 g/mol. The number of halogens is 1. The van der Waals surface area contributed by atoms with Crippen molar-refractivity contribution in [3.63, 3.8) is 0 Å². The first-order valence-electron chi connectivity index (χ1n) is 6.08. The van der Waals surface area contributed by atoms with Gasteiger partial charge in [0.25, 0.3) is 0 Å². The molecule has 0 aromatic heterocycles. The van der Waals surface area contributed by atoms with E-state index in [2.05, 4.69) is 15.3 Å². The molecule has 108 valence electrons. The van der Waals surface area contributed by atoms with Crippen LogP contribution in [0.2, 0.25) is 0 Å². The summed E-state index contributed by atoms with van der Waals surface area (Å²) >= 11 is 0. The van der Waals surface area contributed by atoms with Crippen LogP contribution in [-0.4, -0.2) is 19.4 Å². The van der Waals surface area contributed by atoms with Gasteiger partial charge in [-0.2, -0.15) is 0 Å². The van der Waals surface area contributed by atoms with E-state index in [1.54, 1.807) is 31.4 Å². The minimum atomic E-state index is -0.724. The SMILES string of the molecule is COc1ccc(NC(=O)ON=Cc2ccc(F)cc2)cc1. The Bertz CT molecular complexity index is 624. The van der Waals surface area contributed by atoms with Crippen molar-refractivity contribution in [1.82, 2.24) is 0 Å². The number of anilines is 1. The van der Waals surface area contributed by atoms with Gasteiger partial charge in [-0.15, -0.1) is 0 Å². The number of rotatable bonds is 4. The molecule has 1 amide bonds. The molecule has 1 N–H and O–H groups in total. The third-order valence-corrected chi connectivity index (χ3v) is 2.54. The number of amides is 1. The molecule has 0 fully saturated rings. The molecule has 0 radical (unpaired) electrons. The van der Waals surface area contributed by atoms with Gasteiger partial charge in [0.1, 0.15) is 11.6 Å². The molecule has 2 aromatic carbocycles. The Balaban J connectivity index is 1.85. The van der Waals surface area contributed by atoms with Crippen molar-refractivity contribution in [2.45, 2.75) is 0 Å². The molecule has 0 bridgehead atoms. The number of carbonyl (C=O) groups excluding carboxylic acids is 1. The van der Waals surface area contributed by atoms with E-state index >= 15 is 0 Å². The van der Waals surface area contributed by atoms with Gasteiger partial charge in [-0.3, -0.25) is 10.2 Å². The van der Waals surface area contributed by atoms with Crippen molar-refractivity contribution in [1.29, 1.82) is 0 Å². The number of hydrogen-bond donors (Lipinski definition) is 1. The number of nitrogens with zero attached hydrogens (tertiary/aromatic N) is 1. The predicted octanol–water partition coefficient (Wildman–Crippen LogP) is 3.42. The fourth-order valence-electron chi connectivity index (χ4n) is 1.50. The topological polar surface area (TPSA) is 59.9 Å². The highest BCUT2D eigenvalue weighted by molar-refractivity contribution is 5.85. The van der Waals surface area contributed by atoms with Crippen molar-refractivity contribution in [3.05, 3.63) is 59.9 Å². The van der Waals surface area contributed by atoms with Crippen LogP contribution < -0.4 is 10.1 Å². The molecule has 0 aliphatic carbocycles. The third-order valence-electron chi connectivity index (χ3n) is 2.54. The van der Waals surface area contributed by atoms with Gasteiger partial charge in [0.05, 0.1) is 13.3 Å². The summed E-state index contributed by atoms with van der Waals surface area (Å²) in [6, 6.07) is 12.4. The summed E-state index contributed by atoms with van der Waals surface area (Å²) in [7, 11) is 1.56. The van der Waals surface area contributed by atoms with Gasteiger partial charge in [0.2, 0.25) is 0 Å². The van der Waals surface area contributed by atoms with E-state index in [1.807, 2.05) is 0 Å². The molecule has 0 saturated carbocycles. The van der Waals surface area contributed by atoms with Crippen LogP contribution in [0.4, 0.5) is 14.9 Å². The smallest absolute Gasteiger partial charge is 0.437 e. The quantitative estimate of drug-likeness (QED) is 0.533. The van der Waals surface area contributed by atoms with Crippen LogP contribution in [0.5, 0.6) is 5.75 Å². The predicted molar refractivity (Wildman–Crippen MR) is 77.1 cm³/mol. The Hall–Kier alpha value is -2.89. The Morgan fingerprint density at radius 2 is 1.81 bits per heavy atom. The van der Waals surface area contributed by atoms with Crippen LogP contribution in [0.1, 0.15) is 5.56 Å². The maximum Gasteiger partial charge on any atom is 0.437 e. The maximum absolute atomic E-state index is 12.7. The van der Waals surface area contributed by atoms with Crippen molar-refractivity contribution in [3.8, 4) is 5.75 Å². The third kappa shape index (κ3) is 4.61. The number of carbonyl (C=O) groups is 1. The van der Waals surface area contributed by atoms with Crippen molar-refractivity contribution in [2.24, 2.45) is 5.16 Å². The van der Waals surface area contributed by atoms with E-state index in [4.69, 9.17) is 4.74 Å². The van der Waals surface area contributed by atoms with E-state index in [0.717, 1.165) is 0 Å². The molecule has 0 unspecified atom stereocenters. The van der Waals surface area contributed by atoms with Crippen LogP contribution in [0, 0.1) is 5.82 Å². The first-order chi connectivity index (χ1) is 10.2. The molecule has 2 rings (SSSR count). The lowest BCUT2D eigenvalue weighted by Gasteiger charge is -2.03. The Morgan fingerprint density at radius 3 is 2.43 bits per heavy atom. The largest absolute Gasteiger partial charge is 0.497 e. The van der Waals surface area contributed by atoms with Crippen molar-refractivity contribution >= 4 is 18.0 Å². The lowest BCUT2D eigenvalue weighted by atomic mass is 10.2. The average molecular weight is 288 g/mol. The van der Waals surface area contributed by atoms with Gasteiger partial charge in [0.15, 0.2) is 0 Å². The summed E-state index contributed by atoms with van der Waals surface area (Å²) in [4.78, 5) is 16.1. The first kappa shape index (κ1) is 14.5. The minimum absolute atomic E-state index is 0.342. The van der Waals surface area contributed by atoms with E-state index in [1.165, 1.54) is 30.5 Å². The van der Waals surface area contributed by atoms with Crippen LogP contribution >= 0.6 is 0 Å². The molecule has 0 atom stereocenters. The molecule has 0 spiro atoms. The van der Waals surface area contributed by atoms with Crippen LogP contribution in [-0.2, 0) is 4.84 Å². The van der Waals surface area contributed by atoms with Gasteiger partial charge in [-0.25, -0.2) is 9.18 Å². The summed E-state index contributed by atoms with van der Waals surface area (Å²) in [6.07, 6.45) is 0.589. The second kappa shape index (κ2) is 7.04. The van der Waals surface area contributed by atoms with Gasteiger partial charge >= 0.3 is 6.09 Å². The highest BCUT2D eigenvalue weighted by atomic mass is 19.1. The lowest BCUT2D eigenvalue weighted by Crippen LogP contribution is -2.10. The zero-order valence-electron chi connectivity index (χ0n) is 11.2. The molecule has 21 heavy (non-hydrogen) atoms. The molecule has 6 heteroatoms. The standard InChI is InChI=1S/C15H13FN2O3/c1-20-14-8-6-13(7-9-14)18-15(19)21-17-10-11-2-4-12(16)5-3-11/h2-10H,1H3,(H,18,19). The molecule has 0 saturated heterocycles. The highest BCUT2D eigenvalue weighted by Gasteiger charge is 2.02. The summed E-state index contributed by atoms with van der Waals surface area (Å²) < 4.78 is 17.7. The number of oxime groups is 1. The maximum atomic E-state index is 12.7. The van der Waals surface area contributed by atoms with E-state index < -0.39 is 6.09 Å². The Kier molecular flexibility index (Phi) is 4.87. The van der Waals surface area contributed by atoms with Crippen molar-refractivity contribution in [2.75, 3.05) is 12.4 Å². The molecule has 0 heterocycles. The van der Waals surface area contributed by atoms with E-state index in [-0.39, 0.29) is 5.82 Å². The second-order valence-electron chi connectivity index (χ2n) is 4.02. The van der Waals surface area contributed by atoms with Crippen LogP contribution in [0.15, 0.2) is 53.7 Å². The molecular weight excluding hydrogens is 275 g/mol. The number of nitrogens with one attached hydrogen (secondary N) is 1. The average Bonchev–Trinajstić information content (AvgIpc) is 2.50. The first-order valence-corrected chi connectivity index (χ1v) is 6.08. The van der Waals surface area contributed by atoms with Gasteiger partial charge in [-0.1, -0.05) is 17.3 Å². The second-order valence-corrected chi connectivity index (χ2v) is 4.02.